The zero-order chi connectivity index (χ0) is 17.3. The summed E-state index contributed by atoms with van der Waals surface area (Å²) in [4.78, 5) is 14.5. The molecule has 5 nitrogen and oxygen atoms in total. The monoisotopic (exact) mass is 328 g/mol. The number of hydrogen-bond donors (Lipinski definition) is 2. The minimum absolute atomic E-state index is 0.170. The third-order valence-corrected chi connectivity index (χ3v) is 4.21. The van der Waals surface area contributed by atoms with E-state index in [1.54, 1.807) is 0 Å². The van der Waals surface area contributed by atoms with Crippen molar-refractivity contribution in [1.29, 1.82) is 0 Å². The predicted molar refractivity (Wildman–Crippen MR) is 93.6 cm³/mol. The number of nitrogens with zero attached hydrogens (tertiary/aromatic N) is 1. The summed E-state index contributed by atoms with van der Waals surface area (Å²) in [7, 11) is 0. The Hall–Kier alpha value is -0.810. The smallest absolute Gasteiger partial charge is 0.410 e. The molecule has 0 bridgehead atoms. The van der Waals surface area contributed by atoms with Crippen molar-refractivity contribution in [3.63, 3.8) is 0 Å². The molecule has 0 saturated carbocycles. The second kappa shape index (κ2) is 10.1. The zero-order valence-electron chi connectivity index (χ0n) is 15.4. The van der Waals surface area contributed by atoms with Gasteiger partial charge in [-0.3, -0.25) is 0 Å². The molecule has 0 radical (unpaired) electrons. The summed E-state index contributed by atoms with van der Waals surface area (Å²) in [6, 6.07) is 0.620. The Morgan fingerprint density at radius 2 is 2.04 bits per heavy atom. The lowest BCUT2D eigenvalue weighted by Crippen LogP contribution is -2.45. The molecule has 1 fully saturated rings. The standard InChI is InChI=1S/C18H36N2O3/c1-15(19-11-7-9-13-21)14-16-10-6-5-8-12-20(16)17(22)23-18(2,3)4/h15-16,19,21H,5-14H2,1-4H3. The summed E-state index contributed by atoms with van der Waals surface area (Å²) < 4.78 is 5.60. The van der Waals surface area contributed by atoms with Crippen LogP contribution in [0.1, 0.15) is 72.6 Å². The highest BCUT2D eigenvalue weighted by molar-refractivity contribution is 5.68. The molecule has 1 rings (SSSR count). The Balaban J connectivity index is 2.54. The van der Waals surface area contributed by atoms with Crippen molar-refractivity contribution in [2.75, 3.05) is 19.7 Å². The number of likely N-dealkylation sites (tertiary alicyclic amines) is 1. The molecule has 1 aliphatic heterocycles. The van der Waals surface area contributed by atoms with Crippen LogP contribution in [0.3, 0.4) is 0 Å². The first-order chi connectivity index (χ1) is 10.8. The fraction of sp³-hybridized carbons (Fsp3) is 0.944. The van der Waals surface area contributed by atoms with Gasteiger partial charge in [0.1, 0.15) is 5.60 Å². The lowest BCUT2D eigenvalue weighted by molar-refractivity contribution is 0.0150. The summed E-state index contributed by atoms with van der Waals surface area (Å²) in [5.41, 5.74) is -0.442. The van der Waals surface area contributed by atoms with Crippen molar-refractivity contribution in [1.82, 2.24) is 10.2 Å². The Kier molecular flexibility index (Phi) is 8.92. The normalized spacial score (nSPS) is 20.9. The highest BCUT2D eigenvalue weighted by atomic mass is 16.6. The molecule has 1 saturated heterocycles. The summed E-state index contributed by atoms with van der Waals surface area (Å²) in [5, 5.41) is 12.3. The number of ether oxygens (including phenoxy) is 1. The van der Waals surface area contributed by atoms with E-state index >= 15 is 0 Å². The summed E-state index contributed by atoms with van der Waals surface area (Å²) in [6.07, 6.45) is 7.11. The third kappa shape index (κ3) is 8.56. The lowest BCUT2D eigenvalue weighted by Gasteiger charge is -2.33. The van der Waals surface area contributed by atoms with Crippen LogP contribution in [0, 0.1) is 0 Å². The van der Waals surface area contributed by atoms with Crippen molar-refractivity contribution in [3.8, 4) is 0 Å². The second-order valence-electron chi connectivity index (χ2n) is 7.70. The van der Waals surface area contributed by atoms with Crippen molar-refractivity contribution < 1.29 is 14.6 Å². The average Bonchev–Trinajstić information content (AvgIpc) is 2.67. The minimum atomic E-state index is -0.442. The van der Waals surface area contributed by atoms with E-state index in [0.29, 0.717) is 6.04 Å². The van der Waals surface area contributed by atoms with Gasteiger partial charge in [0.05, 0.1) is 0 Å². The van der Waals surface area contributed by atoms with Gasteiger partial charge in [0.15, 0.2) is 0 Å². The number of carbonyl (C=O) groups excluding carboxylic acids is 1. The van der Waals surface area contributed by atoms with Gasteiger partial charge in [0.2, 0.25) is 0 Å². The van der Waals surface area contributed by atoms with Gasteiger partial charge in [0.25, 0.3) is 0 Å². The molecule has 2 unspecified atom stereocenters. The van der Waals surface area contributed by atoms with Gasteiger partial charge in [-0.25, -0.2) is 4.79 Å². The molecular weight excluding hydrogens is 292 g/mol. The molecule has 0 spiro atoms. The van der Waals surface area contributed by atoms with E-state index in [4.69, 9.17) is 9.84 Å². The lowest BCUT2D eigenvalue weighted by atomic mass is 10.0. The summed E-state index contributed by atoms with van der Waals surface area (Å²) >= 11 is 0. The molecule has 23 heavy (non-hydrogen) atoms. The first-order valence-electron chi connectivity index (χ1n) is 9.17. The molecule has 1 amide bonds. The number of nitrogens with one attached hydrogen (secondary N) is 1. The quantitative estimate of drug-likeness (QED) is 0.704. The van der Waals surface area contributed by atoms with Gasteiger partial charge in [-0.2, -0.15) is 0 Å². The van der Waals surface area contributed by atoms with Crippen LogP contribution < -0.4 is 5.32 Å². The highest BCUT2D eigenvalue weighted by Gasteiger charge is 2.30. The highest BCUT2D eigenvalue weighted by Crippen LogP contribution is 2.23. The Morgan fingerprint density at radius 3 is 2.70 bits per heavy atom. The molecular formula is C18H36N2O3. The van der Waals surface area contributed by atoms with Crippen LogP contribution in [-0.2, 0) is 4.74 Å². The number of rotatable bonds is 7. The average molecular weight is 328 g/mol. The minimum Gasteiger partial charge on any atom is -0.444 e. The second-order valence-corrected chi connectivity index (χ2v) is 7.70. The van der Waals surface area contributed by atoms with Gasteiger partial charge in [0, 0.05) is 25.2 Å². The molecule has 0 aromatic rings. The maximum absolute atomic E-state index is 12.5. The molecule has 0 aromatic carbocycles. The van der Waals surface area contributed by atoms with Gasteiger partial charge in [-0.15, -0.1) is 0 Å². The van der Waals surface area contributed by atoms with Gasteiger partial charge >= 0.3 is 6.09 Å². The zero-order valence-corrected chi connectivity index (χ0v) is 15.4. The third-order valence-electron chi connectivity index (χ3n) is 4.21. The largest absolute Gasteiger partial charge is 0.444 e. The number of unbranched alkanes of at least 4 members (excludes halogenated alkanes) is 1. The topological polar surface area (TPSA) is 61.8 Å². The van der Waals surface area contributed by atoms with Crippen LogP contribution in [0.5, 0.6) is 0 Å². The molecule has 1 heterocycles. The van der Waals surface area contributed by atoms with Crippen LogP contribution in [0.25, 0.3) is 0 Å². The first-order valence-corrected chi connectivity index (χ1v) is 9.17. The number of hydrogen-bond acceptors (Lipinski definition) is 4. The predicted octanol–water partition coefficient (Wildman–Crippen LogP) is 3.31. The fourth-order valence-corrected chi connectivity index (χ4v) is 3.06. The molecule has 0 aliphatic carbocycles. The van der Waals surface area contributed by atoms with Crippen molar-refractivity contribution in [3.05, 3.63) is 0 Å². The van der Waals surface area contributed by atoms with E-state index in [9.17, 15) is 4.79 Å². The van der Waals surface area contributed by atoms with Crippen molar-refractivity contribution >= 4 is 6.09 Å². The van der Waals surface area contributed by atoms with Crippen LogP contribution in [0.4, 0.5) is 4.79 Å². The number of aliphatic hydroxyl groups is 1. The van der Waals surface area contributed by atoms with Crippen LogP contribution in [0.15, 0.2) is 0 Å². The SMILES string of the molecule is CC(CC1CCCCCN1C(=O)OC(C)(C)C)NCCCCO. The molecule has 0 aromatic heterocycles. The van der Waals surface area contributed by atoms with Gasteiger partial charge < -0.3 is 20.1 Å². The number of amides is 1. The molecule has 1 aliphatic rings. The molecule has 5 heteroatoms. The Morgan fingerprint density at radius 1 is 1.30 bits per heavy atom. The first kappa shape index (κ1) is 20.2. The van der Waals surface area contributed by atoms with E-state index in [2.05, 4.69) is 12.2 Å². The molecule has 2 atom stereocenters. The van der Waals surface area contributed by atoms with Crippen molar-refractivity contribution in [2.24, 2.45) is 0 Å². The van der Waals surface area contributed by atoms with E-state index in [1.165, 1.54) is 12.8 Å². The van der Waals surface area contributed by atoms with E-state index in [0.717, 1.165) is 45.2 Å². The fourth-order valence-electron chi connectivity index (χ4n) is 3.06. The van der Waals surface area contributed by atoms with Gasteiger partial charge in [-0.1, -0.05) is 12.8 Å². The van der Waals surface area contributed by atoms with E-state index < -0.39 is 5.60 Å². The van der Waals surface area contributed by atoms with Crippen LogP contribution >= 0.6 is 0 Å². The Bertz CT molecular complexity index is 342. The van der Waals surface area contributed by atoms with Crippen LogP contribution in [-0.4, -0.2) is 53.5 Å². The summed E-state index contributed by atoms with van der Waals surface area (Å²) in [5.74, 6) is 0. The number of aliphatic hydroxyl groups excluding tert-OH is 1. The van der Waals surface area contributed by atoms with E-state index in [-0.39, 0.29) is 18.7 Å². The number of carbonyl (C=O) groups is 1. The van der Waals surface area contributed by atoms with E-state index in [1.807, 2.05) is 25.7 Å². The molecule has 136 valence electrons. The molecule has 2 N–H and O–H groups in total. The maximum Gasteiger partial charge on any atom is 0.410 e. The Labute approximate surface area is 141 Å². The maximum atomic E-state index is 12.5. The van der Waals surface area contributed by atoms with Crippen molar-refractivity contribution in [2.45, 2.75) is 90.3 Å². The van der Waals surface area contributed by atoms with Gasteiger partial charge in [-0.05, 0) is 66.3 Å². The van der Waals surface area contributed by atoms with Crippen LogP contribution in [0.2, 0.25) is 0 Å². The summed E-state index contributed by atoms with van der Waals surface area (Å²) in [6.45, 7) is 9.91.